The van der Waals surface area contributed by atoms with E-state index < -0.39 is 6.04 Å². The molecular weight excluding hydrogens is 470 g/mol. The average Bonchev–Trinajstić information content (AvgIpc) is 3.59. The van der Waals surface area contributed by atoms with Crippen LogP contribution in [0.4, 0.5) is 0 Å². The lowest BCUT2D eigenvalue weighted by atomic mass is 9.89. The molecule has 3 atom stereocenters. The number of likely N-dealkylation sites (tertiary alicyclic amines) is 1. The van der Waals surface area contributed by atoms with Crippen molar-refractivity contribution >= 4 is 33.4 Å². The summed E-state index contributed by atoms with van der Waals surface area (Å²) in [5.41, 5.74) is 3.26. The van der Waals surface area contributed by atoms with Crippen LogP contribution in [0, 0.1) is 5.92 Å². The van der Waals surface area contributed by atoms with E-state index in [1.165, 1.54) is 0 Å². The molecule has 0 spiro atoms. The number of hydrogen-bond acceptors (Lipinski definition) is 6. The fourth-order valence-corrected chi connectivity index (χ4v) is 6.54. The Kier molecular flexibility index (Phi) is 7.65. The zero-order chi connectivity index (χ0) is 25.1. The van der Waals surface area contributed by atoms with Gasteiger partial charge in [-0.1, -0.05) is 42.5 Å². The van der Waals surface area contributed by atoms with Crippen molar-refractivity contribution in [3.05, 3.63) is 53.5 Å². The van der Waals surface area contributed by atoms with E-state index in [0.29, 0.717) is 6.54 Å². The van der Waals surface area contributed by atoms with Crippen LogP contribution >= 0.6 is 11.3 Å². The second-order valence-corrected chi connectivity index (χ2v) is 10.9. The lowest BCUT2D eigenvalue weighted by molar-refractivity contribution is -0.139. The van der Waals surface area contributed by atoms with E-state index in [0.717, 1.165) is 65.1 Å². The molecule has 2 aliphatic rings. The molecule has 0 unspecified atom stereocenters. The molecule has 7 nitrogen and oxygen atoms in total. The summed E-state index contributed by atoms with van der Waals surface area (Å²) < 4.78 is 1.14. The van der Waals surface area contributed by atoms with Gasteiger partial charge in [-0.3, -0.25) is 9.59 Å². The van der Waals surface area contributed by atoms with Gasteiger partial charge in [0.25, 0.3) is 0 Å². The van der Waals surface area contributed by atoms with Crippen molar-refractivity contribution in [3.63, 3.8) is 0 Å². The Bertz CT molecular complexity index is 1210. The summed E-state index contributed by atoms with van der Waals surface area (Å²) in [6.07, 6.45) is 3.60. The van der Waals surface area contributed by atoms with E-state index in [9.17, 15) is 9.59 Å². The highest BCUT2D eigenvalue weighted by atomic mass is 32.1. The van der Waals surface area contributed by atoms with E-state index in [1.54, 1.807) is 18.4 Å². The Hall–Kier alpha value is -2.81. The van der Waals surface area contributed by atoms with Gasteiger partial charge in [0.05, 0.1) is 22.3 Å². The smallest absolute Gasteiger partial charge is 0.246 e. The van der Waals surface area contributed by atoms with Gasteiger partial charge >= 0.3 is 0 Å². The minimum Gasteiger partial charge on any atom is -0.343 e. The number of benzene rings is 2. The largest absolute Gasteiger partial charge is 0.343 e. The molecule has 0 aliphatic carbocycles. The molecule has 3 aromatic rings. The standard InChI is InChI=1S/C28H35N5O2S/c1-18(29-2)26(34)31-24(20-13-15-30-16-14-20)28(35)33-17-7-11-22(33)27-32-25-21(10-6-12-23(25)36-27)19-8-4-3-5-9-19/h3-6,8-10,12,18,20,22,24,29-30H,7,11,13-17H2,1-2H3,(H,31,34)/t18-,22-,24-/m0/s1. The van der Waals surface area contributed by atoms with Crippen molar-refractivity contribution < 1.29 is 9.59 Å². The monoisotopic (exact) mass is 505 g/mol. The minimum atomic E-state index is -0.509. The first kappa shape index (κ1) is 24.9. The van der Waals surface area contributed by atoms with E-state index in [-0.39, 0.29) is 29.8 Å². The van der Waals surface area contributed by atoms with Crippen LogP contribution in [0.15, 0.2) is 48.5 Å². The third kappa shape index (κ3) is 5.03. The number of carbonyl (C=O) groups is 2. The SMILES string of the molecule is CN[C@@H](C)C(=O)N[C@H](C(=O)N1CCC[C@H]1c1nc2c(-c3ccccc3)cccc2s1)C1CCNCC1. The maximum absolute atomic E-state index is 14.0. The second kappa shape index (κ2) is 11.1. The topological polar surface area (TPSA) is 86.4 Å². The van der Waals surface area contributed by atoms with Crippen LogP contribution in [0.25, 0.3) is 21.3 Å². The Labute approximate surface area is 216 Å². The highest BCUT2D eigenvalue weighted by molar-refractivity contribution is 7.18. The van der Waals surface area contributed by atoms with Crippen LogP contribution in [0.5, 0.6) is 0 Å². The van der Waals surface area contributed by atoms with Crippen LogP contribution in [0.2, 0.25) is 0 Å². The first-order valence-electron chi connectivity index (χ1n) is 13.0. The average molecular weight is 506 g/mol. The summed E-state index contributed by atoms with van der Waals surface area (Å²) in [5.74, 6) is 0.0364. The summed E-state index contributed by atoms with van der Waals surface area (Å²) in [6, 6.07) is 15.7. The van der Waals surface area contributed by atoms with Crippen molar-refractivity contribution in [1.29, 1.82) is 0 Å². The van der Waals surface area contributed by atoms with E-state index in [1.807, 2.05) is 30.0 Å². The first-order valence-corrected chi connectivity index (χ1v) is 13.8. The highest BCUT2D eigenvalue weighted by Gasteiger charge is 2.40. The number of carbonyl (C=O) groups excluding carboxylic acids is 2. The van der Waals surface area contributed by atoms with Gasteiger partial charge in [-0.2, -0.15) is 0 Å². The van der Waals surface area contributed by atoms with Crippen molar-refractivity contribution in [2.24, 2.45) is 5.92 Å². The second-order valence-electron chi connectivity index (χ2n) is 9.84. The molecule has 0 bridgehead atoms. The molecule has 0 radical (unpaired) electrons. The molecule has 5 rings (SSSR count). The van der Waals surface area contributed by atoms with Gasteiger partial charge in [0.15, 0.2) is 0 Å². The van der Waals surface area contributed by atoms with Crippen molar-refractivity contribution in [2.75, 3.05) is 26.7 Å². The number of para-hydroxylation sites is 1. The molecular formula is C28H35N5O2S. The number of nitrogens with one attached hydrogen (secondary N) is 3. The molecule has 2 fully saturated rings. The lowest BCUT2D eigenvalue weighted by Gasteiger charge is -2.35. The zero-order valence-electron chi connectivity index (χ0n) is 21.0. The Morgan fingerprint density at radius 2 is 1.86 bits per heavy atom. The van der Waals surface area contributed by atoms with Crippen molar-refractivity contribution in [2.45, 2.75) is 50.7 Å². The summed E-state index contributed by atoms with van der Waals surface area (Å²) in [5, 5.41) is 10.5. The van der Waals surface area contributed by atoms with Crippen LogP contribution in [-0.4, -0.2) is 60.5 Å². The number of hydrogen-bond donors (Lipinski definition) is 3. The number of fused-ring (bicyclic) bond motifs is 1. The molecule has 2 aliphatic heterocycles. The summed E-state index contributed by atoms with van der Waals surface area (Å²) >= 11 is 1.68. The third-order valence-electron chi connectivity index (χ3n) is 7.59. The van der Waals surface area contributed by atoms with Crippen LogP contribution < -0.4 is 16.0 Å². The lowest BCUT2D eigenvalue weighted by Crippen LogP contribution is -2.56. The third-order valence-corrected chi connectivity index (χ3v) is 8.71. The van der Waals surface area contributed by atoms with Crippen molar-refractivity contribution in [1.82, 2.24) is 25.8 Å². The predicted octanol–water partition coefficient (Wildman–Crippen LogP) is 3.72. The number of nitrogens with zero attached hydrogens (tertiary/aromatic N) is 2. The molecule has 2 amide bonds. The molecule has 190 valence electrons. The predicted molar refractivity (Wildman–Crippen MR) is 145 cm³/mol. The maximum atomic E-state index is 14.0. The molecule has 2 saturated heterocycles. The normalized spacial score (nSPS) is 20.4. The van der Waals surface area contributed by atoms with Gasteiger partial charge in [-0.15, -0.1) is 11.3 Å². The van der Waals surface area contributed by atoms with Gasteiger partial charge in [0.1, 0.15) is 11.0 Å². The number of piperidine rings is 1. The van der Waals surface area contributed by atoms with Gasteiger partial charge in [-0.25, -0.2) is 4.98 Å². The van der Waals surface area contributed by atoms with E-state index in [4.69, 9.17) is 4.98 Å². The minimum absolute atomic E-state index is 0.0311. The van der Waals surface area contributed by atoms with Gasteiger partial charge in [-0.05, 0) is 70.3 Å². The highest BCUT2D eigenvalue weighted by Crippen LogP contribution is 2.40. The Morgan fingerprint density at radius 3 is 2.61 bits per heavy atom. The number of aromatic nitrogens is 1. The number of thiazole rings is 1. The quantitative estimate of drug-likeness (QED) is 0.456. The van der Waals surface area contributed by atoms with E-state index in [2.05, 4.69) is 46.3 Å². The molecule has 3 N–H and O–H groups in total. The summed E-state index contributed by atoms with van der Waals surface area (Å²) in [6.45, 7) is 4.26. The molecule has 3 heterocycles. The Morgan fingerprint density at radius 1 is 1.08 bits per heavy atom. The number of likely N-dealkylation sites (N-methyl/N-ethyl adjacent to an activating group) is 1. The fraction of sp³-hybridized carbons (Fsp3) is 0.464. The summed E-state index contributed by atoms with van der Waals surface area (Å²) in [4.78, 5) is 33.9. The molecule has 36 heavy (non-hydrogen) atoms. The number of rotatable bonds is 7. The van der Waals surface area contributed by atoms with E-state index >= 15 is 0 Å². The molecule has 0 saturated carbocycles. The molecule has 1 aromatic heterocycles. The summed E-state index contributed by atoms with van der Waals surface area (Å²) in [7, 11) is 1.76. The van der Waals surface area contributed by atoms with Gasteiger partial charge < -0.3 is 20.9 Å². The Balaban J connectivity index is 1.44. The number of amides is 2. The zero-order valence-corrected chi connectivity index (χ0v) is 21.8. The molecule has 2 aromatic carbocycles. The van der Waals surface area contributed by atoms with Gasteiger partial charge in [0.2, 0.25) is 11.8 Å². The van der Waals surface area contributed by atoms with Crippen LogP contribution in [-0.2, 0) is 9.59 Å². The van der Waals surface area contributed by atoms with Crippen LogP contribution in [0.3, 0.4) is 0 Å². The fourth-order valence-electron chi connectivity index (χ4n) is 5.39. The molecule has 8 heteroatoms. The van der Waals surface area contributed by atoms with Crippen LogP contribution in [0.1, 0.15) is 43.7 Å². The maximum Gasteiger partial charge on any atom is 0.246 e. The van der Waals surface area contributed by atoms with Crippen molar-refractivity contribution in [3.8, 4) is 11.1 Å². The first-order chi connectivity index (χ1) is 17.6. The van der Waals surface area contributed by atoms with Gasteiger partial charge in [0, 0.05) is 12.1 Å².